The van der Waals surface area contributed by atoms with Crippen LogP contribution in [0.2, 0.25) is 5.02 Å². The molecule has 3 N–H and O–H groups in total. The first kappa shape index (κ1) is 13.9. The fourth-order valence-electron chi connectivity index (χ4n) is 1.96. The summed E-state index contributed by atoms with van der Waals surface area (Å²) in [5.74, 6) is 0. The van der Waals surface area contributed by atoms with Gasteiger partial charge in [0.1, 0.15) is 0 Å². The molecule has 0 aliphatic carbocycles. The zero-order valence-electron chi connectivity index (χ0n) is 11.0. The van der Waals surface area contributed by atoms with E-state index < -0.39 is 0 Å². The number of rotatable bonds is 6. The second kappa shape index (κ2) is 6.59. The molecule has 19 heavy (non-hydrogen) atoms. The lowest BCUT2D eigenvalue weighted by atomic mass is 10.1. The number of benzene rings is 1. The monoisotopic (exact) mass is 278 g/mol. The summed E-state index contributed by atoms with van der Waals surface area (Å²) in [7, 11) is 0. The van der Waals surface area contributed by atoms with E-state index in [9.17, 15) is 0 Å². The molecule has 0 bridgehead atoms. The SMILES string of the molecule is CCCn1cc(C(CN)Nc2ccccc2Cl)cn1. The molecule has 1 aromatic heterocycles. The number of aryl methyl sites for hydroxylation is 1. The van der Waals surface area contributed by atoms with E-state index in [-0.39, 0.29) is 6.04 Å². The van der Waals surface area contributed by atoms with E-state index in [1.165, 1.54) is 0 Å². The molecule has 2 aromatic rings. The van der Waals surface area contributed by atoms with Crippen LogP contribution in [0.5, 0.6) is 0 Å². The van der Waals surface area contributed by atoms with Crippen molar-refractivity contribution in [3.63, 3.8) is 0 Å². The summed E-state index contributed by atoms with van der Waals surface area (Å²) in [4.78, 5) is 0. The average molecular weight is 279 g/mol. The van der Waals surface area contributed by atoms with E-state index in [0.717, 1.165) is 24.2 Å². The van der Waals surface area contributed by atoms with Gasteiger partial charge in [0.15, 0.2) is 0 Å². The Balaban J connectivity index is 2.13. The minimum atomic E-state index is 0.0190. The Morgan fingerprint density at radius 1 is 1.42 bits per heavy atom. The largest absolute Gasteiger partial charge is 0.376 e. The zero-order valence-corrected chi connectivity index (χ0v) is 11.8. The highest BCUT2D eigenvalue weighted by molar-refractivity contribution is 6.33. The van der Waals surface area contributed by atoms with Crippen LogP contribution in [-0.2, 0) is 6.54 Å². The summed E-state index contributed by atoms with van der Waals surface area (Å²) in [5.41, 5.74) is 7.81. The van der Waals surface area contributed by atoms with Crippen molar-refractivity contribution >= 4 is 17.3 Å². The van der Waals surface area contributed by atoms with Crippen molar-refractivity contribution in [2.24, 2.45) is 5.73 Å². The number of hydrogen-bond acceptors (Lipinski definition) is 3. The number of para-hydroxylation sites is 1. The number of anilines is 1. The quantitative estimate of drug-likeness (QED) is 0.854. The summed E-state index contributed by atoms with van der Waals surface area (Å²) in [6.07, 6.45) is 4.95. The Kier molecular flexibility index (Phi) is 4.82. The van der Waals surface area contributed by atoms with Crippen molar-refractivity contribution in [1.82, 2.24) is 9.78 Å². The number of nitrogens with zero attached hydrogens (tertiary/aromatic N) is 2. The lowest BCUT2D eigenvalue weighted by molar-refractivity contribution is 0.601. The van der Waals surface area contributed by atoms with Crippen LogP contribution in [0.3, 0.4) is 0 Å². The van der Waals surface area contributed by atoms with Crippen LogP contribution in [0.15, 0.2) is 36.7 Å². The van der Waals surface area contributed by atoms with Crippen molar-refractivity contribution in [2.45, 2.75) is 25.9 Å². The molecule has 0 aliphatic rings. The molecular formula is C14H19ClN4. The molecule has 1 aromatic carbocycles. The van der Waals surface area contributed by atoms with Gasteiger partial charge in [0, 0.05) is 24.8 Å². The van der Waals surface area contributed by atoms with E-state index in [0.29, 0.717) is 11.6 Å². The number of aromatic nitrogens is 2. The summed E-state index contributed by atoms with van der Waals surface area (Å²) in [6.45, 7) is 3.54. The molecule has 4 nitrogen and oxygen atoms in total. The molecule has 5 heteroatoms. The van der Waals surface area contributed by atoms with E-state index in [1.54, 1.807) is 0 Å². The first-order chi connectivity index (χ1) is 9.24. The topological polar surface area (TPSA) is 55.9 Å². The summed E-state index contributed by atoms with van der Waals surface area (Å²) < 4.78 is 1.94. The van der Waals surface area contributed by atoms with Gasteiger partial charge in [0.2, 0.25) is 0 Å². The molecule has 0 spiro atoms. The van der Waals surface area contributed by atoms with Gasteiger partial charge in [0.05, 0.1) is 22.9 Å². The van der Waals surface area contributed by atoms with Gasteiger partial charge in [-0.3, -0.25) is 4.68 Å². The summed E-state index contributed by atoms with van der Waals surface area (Å²) in [6, 6.07) is 7.68. The molecule has 0 fully saturated rings. The third-order valence-corrected chi connectivity index (χ3v) is 3.28. The highest BCUT2D eigenvalue weighted by atomic mass is 35.5. The third kappa shape index (κ3) is 3.49. The van der Waals surface area contributed by atoms with Gasteiger partial charge < -0.3 is 11.1 Å². The molecule has 0 radical (unpaired) electrons. The third-order valence-electron chi connectivity index (χ3n) is 2.95. The van der Waals surface area contributed by atoms with Crippen LogP contribution >= 0.6 is 11.6 Å². The second-order valence-electron chi connectivity index (χ2n) is 4.45. The van der Waals surface area contributed by atoms with Crippen molar-refractivity contribution in [3.8, 4) is 0 Å². The van der Waals surface area contributed by atoms with Crippen molar-refractivity contribution in [2.75, 3.05) is 11.9 Å². The summed E-state index contributed by atoms with van der Waals surface area (Å²) >= 11 is 6.14. The van der Waals surface area contributed by atoms with E-state index in [2.05, 4.69) is 17.3 Å². The van der Waals surface area contributed by atoms with E-state index >= 15 is 0 Å². The predicted molar refractivity (Wildman–Crippen MR) is 79.4 cm³/mol. The lowest BCUT2D eigenvalue weighted by Crippen LogP contribution is -2.20. The molecule has 0 saturated heterocycles. The molecule has 1 heterocycles. The minimum Gasteiger partial charge on any atom is -0.376 e. The molecule has 102 valence electrons. The van der Waals surface area contributed by atoms with E-state index in [1.807, 2.05) is 41.3 Å². The smallest absolute Gasteiger partial charge is 0.0667 e. The molecule has 2 rings (SSSR count). The Bertz CT molecular complexity index is 524. The summed E-state index contributed by atoms with van der Waals surface area (Å²) in [5, 5.41) is 8.38. The first-order valence-electron chi connectivity index (χ1n) is 6.48. The van der Waals surface area contributed by atoms with Crippen LogP contribution in [0, 0.1) is 0 Å². The maximum Gasteiger partial charge on any atom is 0.0667 e. The van der Waals surface area contributed by atoms with Gasteiger partial charge in [-0.25, -0.2) is 0 Å². The number of halogens is 1. The predicted octanol–water partition coefficient (Wildman–Crippen LogP) is 3.06. The number of nitrogens with one attached hydrogen (secondary N) is 1. The standard InChI is InChI=1S/C14H19ClN4/c1-2-7-19-10-11(9-17-19)14(8-16)18-13-6-4-3-5-12(13)15/h3-6,9-10,14,18H,2,7-8,16H2,1H3. The fourth-order valence-corrected chi connectivity index (χ4v) is 2.15. The highest BCUT2D eigenvalue weighted by Gasteiger charge is 2.13. The first-order valence-corrected chi connectivity index (χ1v) is 6.86. The van der Waals surface area contributed by atoms with Crippen molar-refractivity contribution in [3.05, 3.63) is 47.2 Å². The normalized spacial score (nSPS) is 12.4. The van der Waals surface area contributed by atoms with E-state index in [4.69, 9.17) is 17.3 Å². The minimum absolute atomic E-state index is 0.0190. The maximum absolute atomic E-state index is 6.14. The van der Waals surface area contributed by atoms with Crippen molar-refractivity contribution in [1.29, 1.82) is 0 Å². The van der Waals surface area contributed by atoms with Gasteiger partial charge in [-0.1, -0.05) is 30.7 Å². The average Bonchev–Trinajstić information content (AvgIpc) is 2.87. The Morgan fingerprint density at radius 3 is 2.89 bits per heavy atom. The van der Waals surface area contributed by atoms with Crippen LogP contribution in [-0.4, -0.2) is 16.3 Å². The van der Waals surface area contributed by atoms with Crippen LogP contribution < -0.4 is 11.1 Å². The second-order valence-corrected chi connectivity index (χ2v) is 4.86. The Morgan fingerprint density at radius 2 is 2.21 bits per heavy atom. The van der Waals surface area contributed by atoms with Gasteiger partial charge in [0.25, 0.3) is 0 Å². The zero-order chi connectivity index (χ0) is 13.7. The number of hydrogen-bond donors (Lipinski definition) is 2. The lowest BCUT2D eigenvalue weighted by Gasteiger charge is -2.17. The molecular weight excluding hydrogens is 260 g/mol. The van der Waals surface area contributed by atoms with Crippen LogP contribution in [0.1, 0.15) is 24.9 Å². The molecule has 0 amide bonds. The van der Waals surface area contributed by atoms with Gasteiger partial charge >= 0.3 is 0 Å². The van der Waals surface area contributed by atoms with Crippen molar-refractivity contribution < 1.29 is 0 Å². The van der Waals surface area contributed by atoms with Gasteiger partial charge in [-0.15, -0.1) is 0 Å². The highest BCUT2D eigenvalue weighted by Crippen LogP contribution is 2.25. The molecule has 1 atom stereocenters. The molecule has 0 aliphatic heterocycles. The molecule has 0 saturated carbocycles. The van der Waals surface area contributed by atoms with Crippen LogP contribution in [0.25, 0.3) is 0 Å². The number of nitrogens with two attached hydrogens (primary N) is 1. The van der Waals surface area contributed by atoms with Gasteiger partial charge in [-0.2, -0.15) is 5.10 Å². The van der Waals surface area contributed by atoms with Crippen LogP contribution in [0.4, 0.5) is 5.69 Å². The Hall–Kier alpha value is -1.52. The fraction of sp³-hybridized carbons (Fsp3) is 0.357. The molecule has 1 unspecified atom stereocenters. The maximum atomic E-state index is 6.14. The Labute approximate surface area is 118 Å². The van der Waals surface area contributed by atoms with Gasteiger partial charge in [-0.05, 0) is 18.6 Å².